The maximum Gasteiger partial charge on any atom is 0.333 e. The molecule has 1 aromatic carbocycles. The first kappa shape index (κ1) is 15.7. The maximum absolute atomic E-state index is 13.2. The highest BCUT2D eigenvalue weighted by Crippen LogP contribution is 2.42. The van der Waals surface area contributed by atoms with Gasteiger partial charge in [0.15, 0.2) is 0 Å². The molecule has 1 unspecified atom stereocenters. The van der Waals surface area contributed by atoms with Crippen molar-refractivity contribution in [3.8, 4) is 0 Å². The van der Waals surface area contributed by atoms with Crippen LogP contribution in [0.2, 0.25) is 0 Å². The number of hydrogen-bond donors (Lipinski definition) is 0. The van der Waals surface area contributed by atoms with Crippen molar-refractivity contribution < 1.29 is 13.9 Å². The smallest absolute Gasteiger partial charge is 0.333 e. The van der Waals surface area contributed by atoms with Crippen LogP contribution in [-0.4, -0.2) is 5.97 Å². The lowest BCUT2D eigenvalue weighted by atomic mass is 9.74. The van der Waals surface area contributed by atoms with Crippen LogP contribution in [0.15, 0.2) is 36.4 Å². The fourth-order valence-electron chi connectivity index (χ4n) is 3.09. The van der Waals surface area contributed by atoms with Gasteiger partial charge in [0, 0.05) is 11.5 Å². The van der Waals surface area contributed by atoms with Crippen LogP contribution in [0.1, 0.15) is 51.5 Å². The first-order valence-corrected chi connectivity index (χ1v) is 7.58. The Morgan fingerprint density at radius 1 is 1.24 bits per heavy atom. The monoisotopic (exact) mass is 290 g/mol. The molecule has 0 spiro atoms. The summed E-state index contributed by atoms with van der Waals surface area (Å²) in [6, 6.07) is 6.28. The quantitative estimate of drug-likeness (QED) is 0.591. The third-order valence-electron chi connectivity index (χ3n) is 4.45. The summed E-state index contributed by atoms with van der Waals surface area (Å²) in [6.07, 6.45) is 5.57. The van der Waals surface area contributed by atoms with Crippen LogP contribution in [-0.2, 0) is 15.1 Å². The average molecular weight is 290 g/mol. The third kappa shape index (κ3) is 3.52. The molecule has 2 nitrogen and oxygen atoms in total. The van der Waals surface area contributed by atoms with Crippen LogP contribution in [0.4, 0.5) is 4.39 Å². The van der Waals surface area contributed by atoms with Crippen molar-refractivity contribution in [2.45, 2.75) is 51.6 Å². The maximum atomic E-state index is 13.2. The Morgan fingerprint density at radius 2 is 1.81 bits per heavy atom. The molecule has 114 valence electrons. The molecule has 1 fully saturated rings. The summed E-state index contributed by atoms with van der Waals surface area (Å²) < 4.78 is 19.0. The van der Waals surface area contributed by atoms with Crippen molar-refractivity contribution in [2.75, 3.05) is 0 Å². The van der Waals surface area contributed by atoms with Gasteiger partial charge in [0.25, 0.3) is 0 Å². The van der Waals surface area contributed by atoms with Crippen molar-refractivity contribution in [1.82, 2.24) is 0 Å². The van der Waals surface area contributed by atoms with E-state index in [1.54, 1.807) is 19.1 Å². The predicted molar refractivity (Wildman–Crippen MR) is 81.2 cm³/mol. The number of benzene rings is 1. The molecule has 0 bridgehead atoms. The summed E-state index contributed by atoms with van der Waals surface area (Å²) in [5, 5.41) is 0. The zero-order valence-corrected chi connectivity index (χ0v) is 12.8. The zero-order chi connectivity index (χ0) is 15.5. The van der Waals surface area contributed by atoms with Crippen LogP contribution in [0.25, 0.3) is 0 Å². The molecule has 0 radical (unpaired) electrons. The minimum atomic E-state index is -0.718. The van der Waals surface area contributed by atoms with E-state index in [2.05, 4.69) is 6.58 Å². The summed E-state index contributed by atoms with van der Waals surface area (Å²) in [7, 11) is 0. The largest absolute Gasteiger partial charge is 0.451 e. The van der Waals surface area contributed by atoms with Gasteiger partial charge in [-0.25, -0.2) is 9.18 Å². The van der Waals surface area contributed by atoms with E-state index < -0.39 is 5.60 Å². The number of rotatable bonds is 4. The van der Waals surface area contributed by atoms with Crippen LogP contribution >= 0.6 is 0 Å². The molecule has 3 heteroatoms. The van der Waals surface area contributed by atoms with Gasteiger partial charge >= 0.3 is 5.97 Å². The Bertz CT molecular complexity index is 515. The Kier molecular flexibility index (Phi) is 4.81. The lowest BCUT2D eigenvalue weighted by Crippen LogP contribution is -2.38. The van der Waals surface area contributed by atoms with Crippen LogP contribution < -0.4 is 0 Å². The van der Waals surface area contributed by atoms with Crippen molar-refractivity contribution in [2.24, 2.45) is 5.92 Å². The van der Waals surface area contributed by atoms with Gasteiger partial charge in [-0.05, 0) is 44.4 Å². The number of ether oxygens (including phenoxy) is 1. The van der Waals surface area contributed by atoms with Crippen LogP contribution in [0, 0.1) is 11.7 Å². The lowest BCUT2D eigenvalue weighted by Gasteiger charge is -2.39. The number of hydrogen-bond acceptors (Lipinski definition) is 2. The molecule has 0 aromatic heterocycles. The zero-order valence-electron chi connectivity index (χ0n) is 12.8. The predicted octanol–water partition coefficient (Wildman–Crippen LogP) is 4.74. The van der Waals surface area contributed by atoms with Gasteiger partial charge in [0.05, 0.1) is 0 Å². The van der Waals surface area contributed by atoms with Crippen molar-refractivity contribution in [3.63, 3.8) is 0 Å². The second-order valence-electron chi connectivity index (χ2n) is 6.12. The molecular weight excluding hydrogens is 267 g/mol. The molecule has 1 aromatic rings. The van der Waals surface area contributed by atoms with Gasteiger partial charge in [0.2, 0.25) is 0 Å². The second-order valence-corrected chi connectivity index (χ2v) is 6.12. The highest BCUT2D eigenvalue weighted by molar-refractivity contribution is 5.87. The fraction of sp³-hybridized carbons (Fsp3) is 0.500. The molecule has 1 aliphatic rings. The average Bonchev–Trinajstić information content (AvgIpc) is 2.48. The number of halogens is 1. The first-order valence-electron chi connectivity index (χ1n) is 7.58. The number of carbonyl (C=O) groups is 1. The van der Waals surface area contributed by atoms with Gasteiger partial charge in [-0.15, -0.1) is 0 Å². The van der Waals surface area contributed by atoms with E-state index in [0.717, 1.165) is 31.2 Å². The first-order chi connectivity index (χ1) is 9.93. The molecule has 0 N–H and O–H groups in total. The van der Waals surface area contributed by atoms with Crippen molar-refractivity contribution in [1.29, 1.82) is 0 Å². The Balaban J connectivity index is 2.34. The molecule has 0 aliphatic heterocycles. The van der Waals surface area contributed by atoms with E-state index in [1.165, 1.54) is 18.6 Å². The molecular formula is C18H23FO2. The van der Waals surface area contributed by atoms with E-state index in [9.17, 15) is 9.18 Å². The second kappa shape index (κ2) is 6.42. The summed E-state index contributed by atoms with van der Waals surface area (Å²) in [6.45, 7) is 7.25. The van der Waals surface area contributed by atoms with Crippen molar-refractivity contribution in [3.05, 3.63) is 47.8 Å². The van der Waals surface area contributed by atoms with Gasteiger partial charge in [-0.2, -0.15) is 0 Å². The third-order valence-corrected chi connectivity index (χ3v) is 4.45. The molecule has 21 heavy (non-hydrogen) atoms. The molecule has 1 saturated carbocycles. The van der Waals surface area contributed by atoms with E-state index in [1.807, 2.05) is 6.92 Å². The summed E-state index contributed by atoms with van der Waals surface area (Å²) >= 11 is 0. The minimum Gasteiger partial charge on any atom is -0.451 e. The summed E-state index contributed by atoms with van der Waals surface area (Å²) in [4.78, 5) is 12.0. The highest BCUT2D eigenvalue weighted by Gasteiger charge is 2.40. The standard InChI is InChI=1S/C18H23FO2/c1-13(2)17(20)21-18(3,14-7-5-4-6-8-14)15-9-11-16(19)12-10-15/h9-12,14H,1,4-8H2,2-3H3. The van der Waals surface area contributed by atoms with Crippen LogP contribution in [0.5, 0.6) is 0 Å². The normalized spacial score (nSPS) is 18.8. The fourth-order valence-corrected chi connectivity index (χ4v) is 3.09. The van der Waals surface area contributed by atoms with Gasteiger partial charge in [-0.3, -0.25) is 0 Å². The summed E-state index contributed by atoms with van der Waals surface area (Å²) in [5.41, 5.74) is 0.522. The SMILES string of the molecule is C=C(C)C(=O)OC(C)(c1ccc(F)cc1)C1CCCCC1. The highest BCUT2D eigenvalue weighted by atomic mass is 19.1. The number of esters is 1. The molecule has 0 heterocycles. The topological polar surface area (TPSA) is 26.3 Å². The number of carbonyl (C=O) groups excluding carboxylic acids is 1. The van der Waals surface area contributed by atoms with E-state index >= 15 is 0 Å². The molecule has 0 saturated heterocycles. The van der Waals surface area contributed by atoms with E-state index in [-0.39, 0.29) is 17.7 Å². The molecule has 1 atom stereocenters. The van der Waals surface area contributed by atoms with Crippen molar-refractivity contribution >= 4 is 5.97 Å². The Morgan fingerprint density at radius 3 is 2.33 bits per heavy atom. The van der Waals surface area contributed by atoms with Gasteiger partial charge < -0.3 is 4.74 Å². The Labute approximate surface area is 126 Å². The molecule has 1 aliphatic carbocycles. The van der Waals surface area contributed by atoms with Gasteiger partial charge in [-0.1, -0.05) is 38.0 Å². The van der Waals surface area contributed by atoms with Crippen LogP contribution in [0.3, 0.4) is 0 Å². The van der Waals surface area contributed by atoms with E-state index in [0.29, 0.717) is 5.57 Å². The summed E-state index contributed by atoms with van der Waals surface area (Å²) in [5.74, 6) is -0.400. The Hall–Kier alpha value is -1.64. The van der Waals surface area contributed by atoms with E-state index in [4.69, 9.17) is 4.74 Å². The minimum absolute atomic E-state index is 0.264. The molecule has 0 amide bonds. The van der Waals surface area contributed by atoms with Gasteiger partial charge in [0.1, 0.15) is 11.4 Å². The lowest BCUT2D eigenvalue weighted by molar-refractivity contribution is -0.162. The molecule has 2 rings (SSSR count).